The topological polar surface area (TPSA) is 45.9 Å². The third-order valence-electron chi connectivity index (χ3n) is 2.90. The second kappa shape index (κ2) is 4.57. The standard InChI is InChI=1S/C11H8Cl2N3OS/c12-8(17)4-16-2-1-6-7(3-16)18-11-9(6)10(13)14-5-15-11/h4-5H,1-3H2/q+1. The molecule has 3 rings (SSSR count). The summed E-state index contributed by atoms with van der Waals surface area (Å²) in [6, 6.07) is 0. The Morgan fingerprint density at radius 3 is 3.11 bits per heavy atom. The van der Waals surface area contributed by atoms with Crippen molar-refractivity contribution in [3.63, 3.8) is 0 Å². The van der Waals surface area contributed by atoms with E-state index in [1.165, 1.54) is 23.0 Å². The van der Waals surface area contributed by atoms with Gasteiger partial charge < -0.3 is 0 Å². The number of hydrogen-bond acceptors (Lipinski definition) is 4. The van der Waals surface area contributed by atoms with Gasteiger partial charge in [-0.25, -0.2) is 14.5 Å². The fourth-order valence-corrected chi connectivity index (χ4v) is 3.82. The molecule has 1 aliphatic heterocycles. The van der Waals surface area contributed by atoms with Crippen molar-refractivity contribution in [3.05, 3.63) is 21.9 Å². The first-order chi connectivity index (χ1) is 8.65. The molecule has 0 spiro atoms. The van der Waals surface area contributed by atoms with Gasteiger partial charge in [-0.2, -0.15) is 0 Å². The van der Waals surface area contributed by atoms with Gasteiger partial charge in [-0.3, -0.25) is 4.79 Å². The van der Waals surface area contributed by atoms with Crippen LogP contribution in [0.15, 0.2) is 6.33 Å². The van der Waals surface area contributed by atoms with Crippen LogP contribution in [0.4, 0.5) is 0 Å². The van der Waals surface area contributed by atoms with Gasteiger partial charge in [0.25, 0.3) is 0 Å². The highest BCUT2D eigenvalue weighted by atomic mass is 35.5. The lowest BCUT2D eigenvalue weighted by molar-refractivity contribution is -0.541. The number of carbonyl (C=O) groups excluding carboxylic acids is 1. The Balaban J connectivity index is 2.11. The van der Waals surface area contributed by atoms with Gasteiger partial charge in [-0.05, 0) is 17.2 Å². The largest absolute Gasteiger partial charge is 0.308 e. The minimum absolute atomic E-state index is 0.447. The highest BCUT2D eigenvalue weighted by Crippen LogP contribution is 2.35. The molecule has 4 nitrogen and oxygen atoms in total. The van der Waals surface area contributed by atoms with Crippen LogP contribution in [-0.2, 0) is 17.8 Å². The summed E-state index contributed by atoms with van der Waals surface area (Å²) in [7, 11) is 0. The second-order valence-electron chi connectivity index (χ2n) is 4.00. The van der Waals surface area contributed by atoms with Crippen molar-refractivity contribution in [3.8, 4) is 0 Å². The molecular formula is C11H8Cl2N3OS+. The molecule has 3 heterocycles. The predicted molar refractivity (Wildman–Crippen MR) is 71.9 cm³/mol. The van der Waals surface area contributed by atoms with E-state index < -0.39 is 5.24 Å². The predicted octanol–water partition coefficient (Wildman–Crippen LogP) is 2.25. The molecule has 0 saturated carbocycles. The molecule has 0 bridgehead atoms. The van der Waals surface area contributed by atoms with Crippen molar-refractivity contribution in [2.24, 2.45) is 0 Å². The van der Waals surface area contributed by atoms with Crippen LogP contribution in [0.25, 0.3) is 10.2 Å². The van der Waals surface area contributed by atoms with Gasteiger partial charge in [0.1, 0.15) is 22.9 Å². The maximum atomic E-state index is 10.9. The van der Waals surface area contributed by atoms with Gasteiger partial charge in [-0.1, -0.05) is 11.6 Å². The van der Waals surface area contributed by atoms with Crippen molar-refractivity contribution in [1.29, 1.82) is 0 Å². The van der Waals surface area contributed by atoms with E-state index >= 15 is 0 Å². The van der Waals surface area contributed by atoms with Crippen LogP contribution < -0.4 is 0 Å². The summed E-state index contributed by atoms with van der Waals surface area (Å²) in [5, 5.41) is 1.01. The van der Waals surface area contributed by atoms with E-state index in [-0.39, 0.29) is 0 Å². The highest BCUT2D eigenvalue weighted by molar-refractivity contribution is 7.18. The fourth-order valence-electron chi connectivity index (χ4n) is 2.16. The van der Waals surface area contributed by atoms with Crippen LogP contribution in [0, 0.1) is 0 Å². The highest BCUT2D eigenvalue weighted by Gasteiger charge is 2.25. The lowest BCUT2D eigenvalue weighted by Gasteiger charge is -2.10. The molecule has 0 aliphatic carbocycles. The van der Waals surface area contributed by atoms with E-state index in [4.69, 9.17) is 23.2 Å². The Labute approximate surface area is 117 Å². The number of halogens is 2. The Morgan fingerprint density at radius 1 is 1.50 bits per heavy atom. The van der Waals surface area contributed by atoms with Crippen LogP contribution in [-0.4, -0.2) is 32.5 Å². The third-order valence-corrected chi connectivity index (χ3v) is 4.41. The van der Waals surface area contributed by atoms with Gasteiger partial charge in [0.2, 0.25) is 6.21 Å². The van der Waals surface area contributed by atoms with Gasteiger partial charge >= 0.3 is 5.24 Å². The molecule has 0 unspecified atom stereocenters. The maximum absolute atomic E-state index is 10.9. The van der Waals surface area contributed by atoms with Gasteiger partial charge in [0.05, 0.1) is 10.3 Å². The zero-order chi connectivity index (χ0) is 12.7. The summed E-state index contributed by atoms with van der Waals surface area (Å²) in [4.78, 5) is 21.2. The molecule has 7 heteroatoms. The van der Waals surface area contributed by atoms with E-state index in [0.717, 1.165) is 23.2 Å². The number of aromatic nitrogens is 2. The quantitative estimate of drug-likeness (QED) is 0.461. The molecule has 18 heavy (non-hydrogen) atoms. The van der Waals surface area contributed by atoms with E-state index in [1.807, 2.05) is 4.58 Å². The summed E-state index contributed by atoms with van der Waals surface area (Å²) < 4.78 is 1.91. The summed E-state index contributed by atoms with van der Waals surface area (Å²) >= 11 is 13.1. The summed E-state index contributed by atoms with van der Waals surface area (Å²) in [5.41, 5.74) is 1.20. The number of fused-ring (bicyclic) bond motifs is 3. The van der Waals surface area contributed by atoms with Crippen molar-refractivity contribution in [1.82, 2.24) is 9.97 Å². The molecule has 2 aromatic heterocycles. The number of thiophene rings is 1. The second-order valence-corrected chi connectivity index (χ2v) is 5.82. The number of hydrogen-bond donors (Lipinski definition) is 0. The van der Waals surface area contributed by atoms with E-state index in [0.29, 0.717) is 11.7 Å². The first-order valence-corrected chi connectivity index (χ1v) is 6.91. The Bertz CT molecular complexity index is 680. The van der Waals surface area contributed by atoms with Crippen LogP contribution in [0.5, 0.6) is 0 Å². The van der Waals surface area contributed by atoms with Gasteiger partial charge in [0, 0.05) is 6.42 Å². The first-order valence-electron chi connectivity index (χ1n) is 5.34. The molecular weight excluding hydrogens is 293 g/mol. The van der Waals surface area contributed by atoms with E-state index in [1.54, 1.807) is 11.3 Å². The molecule has 0 fully saturated rings. The van der Waals surface area contributed by atoms with Crippen LogP contribution >= 0.6 is 34.5 Å². The number of rotatable bonds is 1. The van der Waals surface area contributed by atoms with E-state index in [2.05, 4.69) is 9.97 Å². The van der Waals surface area contributed by atoms with Crippen molar-refractivity contribution in [2.45, 2.75) is 13.0 Å². The molecule has 0 aromatic carbocycles. The number of carbonyl (C=O) groups is 1. The molecule has 0 saturated heterocycles. The Morgan fingerprint density at radius 2 is 2.33 bits per heavy atom. The molecule has 0 radical (unpaired) electrons. The molecule has 0 N–H and O–H groups in total. The average molecular weight is 301 g/mol. The van der Waals surface area contributed by atoms with Crippen LogP contribution in [0.2, 0.25) is 5.15 Å². The smallest absolute Gasteiger partial charge is 0.269 e. The van der Waals surface area contributed by atoms with Gasteiger partial charge in [0.15, 0.2) is 6.54 Å². The van der Waals surface area contributed by atoms with Crippen molar-refractivity contribution >= 4 is 56.2 Å². The summed E-state index contributed by atoms with van der Waals surface area (Å²) in [5.74, 6) is 0. The van der Waals surface area contributed by atoms with Crippen molar-refractivity contribution < 1.29 is 9.37 Å². The fraction of sp³-hybridized carbons (Fsp3) is 0.273. The zero-order valence-electron chi connectivity index (χ0n) is 9.19. The average Bonchev–Trinajstić information content (AvgIpc) is 2.66. The van der Waals surface area contributed by atoms with Crippen molar-refractivity contribution in [2.75, 3.05) is 6.54 Å². The summed E-state index contributed by atoms with van der Waals surface area (Å²) in [6.45, 7) is 1.42. The first kappa shape index (κ1) is 12.0. The lowest BCUT2D eigenvalue weighted by Crippen LogP contribution is -2.23. The third kappa shape index (κ3) is 2.02. The normalized spacial score (nSPS) is 17.1. The minimum atomic E-state index is -0.447. The molecule has 0 amide bonds. The SMILES string of the molecule is O=C(Cl)C=[N+]1CCc2c(sc3ncnc(Cl)c23)C1. The Kier molecular flexibility index (Phi) is 3.05. The van der Waals surface area contributed by atoms with E-state index in [9.17, 15) is 4.79 Å². The van der Waals surface area contributed by atoms with Crippen LogP contribution in [0.1, 0.15) is 10.4 Å². The number of nitrogens with zero attached hydrogens (tertiary/aromatic N) is 3. The minimum Gasteiger partial charge on any atom is -0.269 e. The zero-order valence-corrected chi connectivity index (χ0v) is 11.5. The van der Waals surface area contributed by atoms with Gasteiger partial charge in [-0.15, -0.1) is 11.3 Å². The summed E-state index contributed by atoms with van der Waals surface area (Å²) in [6.07, 6.45) is 3.73. The molecule has 92 valence electrons. The maximum Gasteiger partial charge on any atom is 0.308 e. The molecule has 1 aliphatic rings. The van der Waals surface area contributed by atoms with Crippen LogP contribution in [0.3, 0.4) is 0 Å². The monoisotopic (exact) mass is 300 g/mol. The molecule has 2 aromatic rings. The Hall–Kier alpha value is -1.04. The molecule has 0 atom stereocenters. The lowest BCUT2D eigenvalue weighted by atomic mass is 10.1.